The highest BCUT2D eigenvalue weighted by molar-refractivity contribution is 4.64. The van der Waals surface area contributed by atoms with Gasteiger partial charge >= 0.3 is 0 Å². The van der Waals surface area contributed by atoms with E-state index in [1.54, 1.807) is 0 Å². The summed E-state index contributed by atoms with van der Waals surface area (Å²) in [6, 6.07) is 0.685. The topological polar surface area (TPSA) is 52.0 Å². The summed E-state index contributed by atoms with van der Waals surface area (Å²) < 4.78 is 0. The average Bonchev–Trinajstić information content (AvgIpc) is 2.01. The molecule has 0 aliphatic heterocycles. The second-order valence-electron chi connectivity index (χ2n) is 3.81. The van der Waals surface area contributed by atoms with E-state index in [2.05, 4.69) is 6.92 Å². The van der Waals surface area contributed by atoms with E-state index in [1.807, 2.05) is 6.92 Å². The molecular formula is C10H24N2. The highest BCUT2D eigenvalue weighted by atomic mass is 14.6. The quantitative estimate of drug-likeness (QED) is 0.577. The fourth-order valence-corrected chi connectivity index (χ4v) is 1.28. The summed E-state index contributed by atoms with van der Waals surface area (Å²) in [5.41, 5.74) is 11.5. The monoisotopic (exact) mass is 172 g/mol. The predicted molar refractivity (Wildman–Crippen MR) is 55.0 cm³/mol. The van der Waals surface area contributed by atoms with Crippen LogP contribution >= 0.6 is 0 Å². The molecular weight excluding hydrogens is 148 g/mol. The van der Waals surface area contributed by atoms with Crippen molar-refractivity contribution in [2.24, 2.45) is 11.5 Å². The summed E-state index contributed by atoms with van der Waals surface area (Å²) in [7, 11) is 0. The maximum Gasteiger partial charge on any atom is 0.00394 e. The third kappa shape index (κ3) is 8.02. The van der Waals surface area contributed by atoms with Gasteiger partial charge in [0.05, 0.1) is 0 Å². The molecule has 0 saturated heterocycles. The molecule has 0 fully saturated rings. The minimum atomic E-state index is 0.308. The molecule has 4 N–H and O–H groups in total. The molecule has 2 heteroatoms. The Hall–Kier alpha value is -0.0800. The SMILES string of the molecule is CCCCCC(N)CCC(C)N. The van der Waals surface area contributed by atoms with Crippen molar-refractivity contribution in [1.29, 1.82) is 0 Å². The van der Waals surface area contributed by atoms with Gasteiger partial charge < -0.3 is 11.5 Å². The van der Waals surface area contributed by atoms with E-state index < -0.39 is 0 Å². The summed E-state index contributed by atoms with van der Waals surface area (Å²) in [5.74, 6) is 0. The van der Waals surface area contributed by atoms with Crippen LogP contribution in [0.1, 0.15) is 52.4 Å². The van der Waals surface area contributed by atoms with Crippen LogP contribution < -0.4 is 11.5 Å². The normalized spacial score (nSPS) is 16.0. The van der Waals surface area contributed by atoms with Crippen LogP contribution in [0.4, 0.5) is 0 Å². The maximum atomic E-state index is 5.91. The van der Waals surface area contributed by atoms with Crippen molar-refractivity contribution in [3.8, 4) is 0 Å². The van der Waals surface area contributed by atoms with Crippen LogP contribution in [0, 0.1) is 0 Å². The van der Waals surface area contributed by atoms with Crippen molar-refractivity contribution in [2.45, 2.75) is 64.5 Å². The zero-order chi connectivity index (χ0) is 9.40. The molecule has 0 aliphatic rings. The number of nitrogens with two attached hydrogens (primary N) is 2. The van der Waals surface area contributed by atoms with Crippen molar-refractivity contribution in [1.82, 2.24) is 0 Å². The summed E-state index contributed by atoms with van der Waals surface area (Å²) in [5, 5.41) is 0. The first-order chi connectivity index (χ1) is 5.66. The molecule has 0 bridgehead atoms. The molecule has 0 saturated carbocycles. The molecule has 2 nitrogen and oxygen atoms in total. The van der Waals surface area contributed by atoms with E-state index >= 15 is 0 Å². The number of unbranched alkanes of at least 4 members (excludes halogenated alkanes) is 2. The van der Waals surface area contributed by atoms with Gasteiger partial charge in [0.2, 0.25) is 0 Å². The van der Waals surface area contributed by atoms with E-state index in [-0.39, 0.29) is 0 Å². The highest BCUT2D eigenvalue weighted by Crippen LogP contribution is 2.06. The first-order valence-corrected chi connectivity index (χ1v) is 5.18. The van der Waals surface area contributed by atoms with Gasteiger partial charge in [-0.05, 0) is 26.2 Å². The highest BCUT2D eigenvalue weighted by Gasteiger charge is 2.03. The van der Waals surface area contributed by atoms with Gasteiger partial charge in [0, 0.05) is 12.1 Å². The molecule has 0 heterocycles. The molecule has 0 aromatic carbocycles. The lowest BCUT2D eigenvalue weighted by Gasteiger charge is -2.12. The van der Waals surface area contributed by atoms with Crippen LogP contribution in [-0.2, 0) is 0 Å². The lowest BCUT2D eigenvalue weighted by atomic mass is 10.0. The Balaban J connectivity index is 3.15. The van der Waals surface area contributed by atoms with Crippen molar-refractivity contribution in [2.75, 3.05) is 0 Å². The van der Waals surface area contributed by atoms with Crippen LogP contribution in [0.2, 0.25) is 0 Å². The minimum Gasteiger partial charge on any atom is -0.328 e. The van der Waals surface area contributed by atoms with Crippen molar-refractivity contribution in [3.05, 3.63) is 0 Å². The van der Waals surface area contributed by atoms with Crippen molar-refractivity contribution in [3.63, 3.8) is 0 Å². The van der Waals surface area contributed by atoms with E-state index in [4.69, 9.17) is 11.5 Å². The number of hydrogen-bond donors (Lipinski definition) is 2. The Morgan fingerprint density at radius 3 is 2.17 bits per heavy atom. The molecule has 0 amide bonds. The van der Waals surface area contributed by atoms with Gasteiger partial charge in [-0.2, -0.15) is 0 Å². The van der Waals surface area contributed by atoms with Gasteiger partial charge in [0.1, 0.15) is 0 Å². The lowest BCUT2D eigenvalue weighted by Crippen LogP contribution is -2.24. The first kappa shape index (κ1) is 11.9. The first-order valence-electron chi connectivity index (χ1n) is 5.18. The Bertz CT molecular complexity index is 91.8. The second kappa shape index (κ2) is 7.56. The third-order valence-corrected chi connectivity index (χ3v) is 2.17. The van der Waals surface area contributed by atoms with Gasteiger partial charge in [-0.3, -0.25) is 0 Å². The molecule has 74 valence electrons. The molecule has 0 rings (SSSR count). The molecule has 2 atom stereocenters. The van der Waals surface area contributed by atoms with E-state index in [1.165, 1.54) is 25.7 Å². The molecule has 0 radical (unpaired) electrons. The third-order valence-electron chi connectivity index (χ3n) is 2.17. The van der Waals surface area contributed by atoms with Crippen LogP contribution in [0.15, 0.2) is 0 Å². The fourth-order valence-electron chi connectivity index (χ4n) is 1.28. The summed E-state index contributed by atoms with van der Waals surface area (Å²) in [6.07, 6.45) is 7.18. The maximum absolute atomic E-state index is 5.91. The molecule has 0 spiro atoms. The lowest BCUT2D eigenvalue weighted by molar-refractivity contribution is 0.490. The average molecular weight is 172 g/mol. The number of hydrogen-bond acceptors (Lipinski definition) is 2. The van der Waals surface area contributed by atoms with E-state index in [9.17, 15) is 0 Å². The zero-order valence-corrected chi connectivity index (χ0v) is 8.55. The predicted octanol–water partition coefficient (Wildman–Crippen LogP) is 2.02. The standard InChI is InChI=1S/C10H24N2/c1-3-4-5-6-10(12)8-7-9(2)11/h9-10H,3-8,11-12H2,1-2H3. The van der Waals surface area contributed by atoms with Gasteiger partial charge in [0.25, 0.3) is 0 Å². The van der Waals surface area contributed by atoms with Gasteiger partial charge in [-0.1, -0.05) is 26.2 Å². The van der Waals surface area contributed by atoms with E-state index in [0.29, 0.717) is 12.1 Å². The molecule has 2 unspecified atom stereocenters. The Morgan fingerprint density at radius 1 is 1.00 bits per heavy atom. The van der Waals surface area contributed by atoms with Crippen LogP contribution in [0.25, 0.3) is 0 Å². The van der Waals surface area contributed by atoms with Gasteiger partial charge in [0.15, 0.2) is 0 Å². The largest absolute Gasteiger partial charge is 0.328 e. The summed E-state index contributed by atoms with van der Waals surface area (Å²) in [6.45, 7) is 4.26. The summed E-state index contributed by atoms with van der Waals surface area (Å²) >= 11 is 0. The molecule has 0 aromatic rings. The number of rotatable bonds is 7. The smallest absolute Gasteiger partial charge is 0.00394 e. The van der Waals surface area contributed by atoms with Crippen molar-refractivity contribution >= 4 is 0 Å². The molecule has 12 heavy (non-hydrogen) atoms. The second-order valence-corrected chi connectivity index (χ2v) is 3.81. The Labute approximate surface area is 76.7 Å². The fraction of sp³-hybridized carbons (Fsp3) is 1.00. The van der Waals surface area contributed by atoms with E-state index in [0.717, 1.165) is 12.8 Å². The van der Waals surface area contributed by atoms with Crippen LogP contribution in [-0.4, -0.2) is 12.1 Å². The van der Waals surface area contributed by atoms with Gasteiger partial charge in [-0.25, -0.2) is 0 Å². The van der Waals surface area contributed by atoms with Gasteiger partial charge in [-0.15, -0.1) is 0 Å². The molecule has 0 aromatic heterocycles. The minimum absolute atomic E-state index is 0.308. The molecule has 0 aliphatic carbocycles. The van der Waals surface area contributed by atoms with Crippen molar-refractivity contribution < 1.29 is 0 Å². The Morgan fingerprint density at radius 2 is 1.67 bits per heavy atom. The van der Waals surface area contributed by atoms with Crippen LogP contribution in [0.3, 0.4) is 0 Å². The zero-order valence-electron chi connectivity index (χ0n) is 8.55. The summed E-state index contributed by atoms with van der Waals surface area (Å²) in [4.78, 5) is 0. The van der Waals surface area contributed by atoms with Crippen LogP contribution in [0.5, 0.6) is 0 Å². The Kier molecular flexibility index (Phi) is 7.51.